The van der Waals surface area contributed by atoms with Crippen molar-refractivity contribution in [3.8, 4) is 0 Å². The molecule has 21 heavy (non-hydrogen) atoms. The second-order valence-electron chi connectivity index (χ2n) is 5.89. The molecule has 0 aliphatic heterocycles. The second-order valence-corrected chi connectivity index (χ2v) is 6.25. The highest BCUT2D eigenvalue weighted by molar-refractivity contribution is 6.33. The van der Waals surface area contributed by atoms with Crippen molar-refractivity contribution in [2.24, 2.45) is 0 Å². The maximum absolute atomic E-state index is 12.2. The van der Waals surface area contributed by atoms with E-state index in [1.54, 1.807) is 0 Å². The average Bonchev–Trinajstić information content (AvgIpc) is 2.41. The normalized spacial score (nSPS) is 11.2. The number of anilines is 2. The first-order valence-corrected chi connectivity index (χ1v) is 6.98. The molecule has 0 radical (unpaired) electrons. The molecule has 1 heterocycles. The van der Waals surface area contributed by atoms with Crippen molar-refractivity contribution in [3.05, 3.63) is 52.8 Å². The minimum absolute atomic E-state index is 0.0731. The number of carbonyl (C=O) groups is 1. The first-order valence-electron chi connectivity index (χ1n) is 6.60. The number of nitrogens with one attached hydrogen (secondary N) is 1. The number of nitrogens with two attached hydrogens (primary N) is 1. The van der Waals surface area contributed by atoms with Crippen molar-refractivity contribution in [3.63, 3.8) is 0 Å². The number of nitrogen functional groups attached to an aromatic ring is 1. The summed E-state index contributed by atoms with van der Waals surface area (Å²) in [7, 11) is 0. The molecule has 1 aromatic carbocycles. The molecule has 0 fully saturated rings. The number of pyridine rings is 1. The van der Waals surface area contributed by atoms with Crippen molar-refractivity contribution in [2.75, 3.05) is 11.1 Å². The molecule has 2 rings (SSSR count). The van der Waals surface area contributed by atoms with Crippen molar-refractivity contribution in [1.82, 2.24) is 4.98 Å². The summed E-state index contributed by atoms with van der Waals surface area (Å²) in [6.45, 7) is 6.41. The molecule has 0 spiro atoms. The number of nitrogens with zero attached hydrogens (tertiary/aromatic N) is 1. The number of halogens is 1. The molecule has 0 atom stereocenters. The Hall–Kier alpha value is -2.07. The molecule has 0 saturated carbocycles. The summed E-state index contributed by atoms with van der Waals surface area (Å²) in [6, 6.07) is 9.23. The predicted molar refractivity (Wildman–Crippen MR) is 86.8 cm³/mol. The van der Waals surface area contributed by atoms with Gasteiger partial charge in [0.05, 0.1) is 17.4 Å². The number of carbonyl (C=O) groups excluding carboxylic acids is 1. The summed E-state index contributed by atoms with van der Waals surface area (Å²) in [5.74, 6) is -0.330. The Morgan fingerprint density at radius 3 is 2.43 bits per heavy atom. The summed E-state index contributed by atoms with van der Waals surface area (Å²) < 4.78 is 0. The molecule has 1 amide bonds. The summed E-state index contributed by atoms with van der Waals surface area (Å²) in [6.07, 6.45) is 1.41. The molecule has 1 aromatic heterocycles. The van der Waals surface area contributed by atoms with Crippen molar-refractivity contribution >= 4 is 28.9 Å². The van der Waals surface area contributed by atoms with E-state index in [-0.39, 0.29) is 22.0 Å². The largest absolute Gasteiger partial charge is 0.397 e. The fourth-order valence-electron chi connectivity index (χ4n) is 1.88. The first-order chi connectivity index (χ1) is 9.77. The number of amides is 1. The Kier molecular flexibility index (Phi) is 4.19. The molecule has 5 heteroatoms. The molecule has 2 aromatic rings. The van der Waals surface area contributed by atoms with Crippen molar-refractivity contribution < 1.29 is 4.79 Å². The topological polar surface area (TPSA) is 68.0 Å². The third-order valence-electron chi connectivity index (χ3n) is 3.11. The van der Waals surface area contributed by atoms with Crippen LogP contribution in [0.15, 0.2) is 36.5 Å². The Morgan fingerprint density at radius 1 is 1.24 bits per heavy atom. The summed E-state index contributed by atoms with van der Waals surface area (Å²) >= 11 is 5.91. The zero-order valence-electron chi connectivity index (χ0n) is 12.3. The van der Waals surface area contributed by atoms with Crippen LogP contribution in [0.2, 0.25) is 5.15 Å². The lowest BCUT2D eigenvalue weighted by atomic mass is 9.87. The summed E-state index contributed by atoms with van der Waals surface area (Å²) in [4.78, 5) is 16.0. The van der Waals surface area contributed by atoms with Crippen LogP contribution in [0, 0.1) is 0 Å². The highest BCUT2D eigenvalue weighted by Crippen LogP contribution is 2.24. The summed E-state index contributed by atoms with van der Waals surface area (Å²) in [5.41, 5.74) is 8.25. The van der Waals surface area contributed by atoms with E-state index in [4.69, 9.17) is 17.3 Å². The van der Waals surface area contributed by atoms with Gasteiger partial charge in [-0.25, -0.2) is 4.98 Å². The van der Waals surface area contributed by atoms with Crippen LogP contribution in [0.1, 0.15) is 36.7 Å². The SMILES string of the molecule is CC(C)(C)c1ccc(NC(=O)c2cc(N)cnc2Cl)cc1. The van der Waals surface area contributed by atoms with E-state index in [0.29, 0.717) is 11.4 Å². The van der Waals surface area contributed by atoms with Gasteiger partial charge in [-0.15, -0.1) is 0 Å². The van der Waals surface area contributed by atoms with E-state index in [1.165, 1.54) is 17.8 Å². The van der Waals surface area contributed by atoms with Crippen LogP contribution in [0.5, 0.6) is 0 Å². The number of hydrogen-bond acceptors (Lipinski definition) is 3. The fourth-order valence-corrected chi connectivity index (χ4v) is 2.06. The molecule has 0 aliphatic carbocycles. The fraction of sp³-hybridized carbons (Fsp3) is 0.250. The predicted octanol–water partition coefficient (Wildman–Crippen LogP) is 3.87. The number of aromatic nitrogens is 1. The molecular weight excluding hydrogens is 286 g/mol. The Morgan fingerprint density at radius 2 is 1.86 bits per heavy atom. The second kappa shape index (κ2) is 5.74. The quantitative estimate of drug-likeness (QED) is 0.828. The van der Waals surface area contributed by atoms with E-state index in [9.17, 15) is 4.79 Å². The molecule has 0 unspecified atom stereocenters. The number of hydrogen-bond donors (Lipinski definition) is 2. The molecular formula is C16H18ClN3O. The van der Waals surface area contributed by atoms with Crippen LogP contribution in [-0.4, -0.2) is 10.9 Å². The molecule has 0 bridgehead atoms. The Bertz CT molecular complexity index is 660. The minimum atomic E-state index is -0.330. The van der Waals surface area contributed by atoms with Gasteiger partial charge in [0.25, 0.3) is 5.91 Å². The number of benzene rings is 1. The summed E-state index contributed by atoms with van der Waals surface area (Å²) in [5, 5.41) is 2.92. The van der Waals surface area contributed by atoms with Gasteiger partial charge in [-0.05, 0) is 29.2 Å². The van der Waals surface area contributed by atoms with Gasteiger partial charge in [0.2, 0.25) is 0 Å². The van der Waals surface area contributed by atoms with Gasteiger partial charge in [-0.3, -0.25) is 4.79 Å². The van der Waals surface area contributed by atoms with Gasteiger partial charge < -0.3 is 11.1 Å². The lowest BCUT2D eigenvalue weighted by molar-refractivity contribution is 0.102. The van der Waals surface area contributed by atoms with Gasteiger partial charge in [0, 0.05) is 5.69 Å². The van der Waals surface area contributed by atoms with Crippen LogP contribution >= 0.6 is 11.6 Å². The molecule has 0 aliphatic rings. The van der Waals surface area contributed by atoms with Crippen molar-refractivity contribution in [1.29, 1.82) is 0 Å². The van der Waals surface area contributed by atoms with Crippen LogP contribution in [0.4, 0.5) is 11.4 Å². The van der Waals surface area contributed by atoms with E-state index in [1.807, 2.05) is 24.3 Å². The van der Waals surface area contributed by atoms with E-state index in [0.717, 1.165) is 0 Å². The highest BCUT2D eigenvalue weighted by atomic mass is 35.5. The molecule has 110 valence electrons. The smallest absolute Gasteiger partial charge is 0.258 e. The minimum Gasteiger partial charge on any atom is -0.397 e. The third kappa shape index (κ3) is 3.73. The first kappa shape index (κ1) is 15.3. The zero-order valence-corrected chi connectivity index (χ0v) is 13.0. The van der Waals surface area contributed by atoms with E-state index < -0.39 is 0 Å². The lowest BCUT2D eigenvalue weighted by Gasteiger charge is -2.19. The van der Waals surface area contributed by atoms with Gasteiger partial charge in [-0.1, -0.05) is 44.5 Å². The standard InChI is InChI=1S/C16H18ClN3O/c1-16(2,3)10-4-6-12(7-5-10)20-15(21)13-8-11(18)9-19-14(13)17/h4-9H,18H2,1-3H3,(H,20,21). The van der Waals surface area contributed by atoms with Crippen LogP contribution < -0.4 is 11.1 Å². The monoisotopic (exact) mass is 303 g/mol. The molecule has 0 saturated heterocycles. The lowest BCUT2D eigenvalue weighted by Crippen LogP contribution is -2.14. The van der Waals surface area contributed by atoms with Crippen LogP contribution in [0.3, 0.4) is 0 Å². The van der Waals surface area contributed by atoms with Crippen LogP contribution in [0.25, 0.3) is 0 Å². The maximum atomic E-state index is 12.2. The zero-order chi connectivity index (χ0) is 15.6. The Labute approximate surface area is 129 Å². The maximum Gasteiger partial charge on any atom is 0.258 e. The third-order valence-corrected chi connectivity index (χ3v) is 3.41. The highest BCUT2D eigenvalue weighted by Gasteiger charge is 2.15. The van der Waals surface area contributed by atoms with Crippen molar-refractivity contribution in [2.45, 2.75) is 26.2 Å². The van der Waals surface area contributed by atoms with Gasteiger partial charge in [0.1, 0.15) is 5.15 Å². The average molecular weight is 304 g/mol. The molecule has 4 nitrogen and oxygen atoms in total. The Balaban J connectivity index is 2.18. The number of rotatable bonds is 2. The van der Waals surface area contributed by atoms with Gasteiger partial charge in [-0.2, -0.15) is 0 Å². The van der Waals surface area contributed by atoms with Crippen LogP contribution in [-0.2, 0) is 5.41 Å². The van der Waals surface area contributed by atoms with Gasteiger partial charge in [0.15, 0.2) is 0 Å². The van der Waals surface area contributed by atoms with E-state index >= 15 is 0 Å². The van der Waals surface area contributed by atoms with E-state index in [2.05, 4.69) is 31.1 Å². The van der Waals surface area contributed by atoms with Gasteiger partial charge >= 0.3 is 0 Å². The molecule has 3 N–H and O–H groups in total.